The lowest BCUT2D eigenvalue weighted by atomic mass is 10.3. The second kappa shape index (κ2) is 6.53. The number of carbonyl (C=O) groups is 1. The molecule has 2 rings (SSSR count). The highest BCUT2D eigenvalue weighted by atomic mass is 79.9. The smallest absolute Gasteiger partial charge is 0.272 e. The number of halogens is 2. The van der Waals surface area contributed by atoms with E-state index in [0.717, 1.165) is 23.1 Å². The molecule has 108 valence electrons. The zero-order valence-electron chi connectivity index (χ0n) is 11.2. The maximum atomic E-state index is 11.9. The number of carbonyl (C=O) groups excluding carboxylic acids is 1. The molecule has 0 saturated carbocycles. The van der Waals surface area contributed by atoms with E-state index in [4.69, 9.17) is 0 Å². The first kappa shape index (κ1) is 15.2. The minimum atomic E-state index is -0.171. The third-order valence-corrected chi connectivity index (χ3v) is 4.09. The van der Waals surface area contributed by atoms with Gasteiger partial charge in [-0.25, -0.2) is 0 Å². The van der Waals surface area contributed by atoms with Crippen molar-refractivity contribution in [2.75, 3.05) is 6.54 Å². The lowest BCUT2D eigenvalue weighted by molar-refractivity contribution is 0.0946. The summed E-state index contributed by atoms with van der Waals surface area (Å²) in [6.07, 6.45) is 4.50. The van der Waals surface area contributed by atoms with Gasteiger partial charge >= 0.3 is 0 Å². The third-order valence-electron chi connectivity index (χ3n) is 2.74. The predicted molar refractivity (Wildman–Crippen MR) is 82.5 cm³/mol. The Balaban J connectivity index is 1.78. The average Bonchev–Trinajstić information content (AvgIpc) is 2.88. The van der Waals surface area contributed by atoms with Crippen molar-refractivity contribution in [3.05, 3.63) is 32.7 Å². The molecule has 0 atom stereocenters. The molecular weight excluding hydrogens is 390 g/mol. The van der Waals surface area contributed by atoms with Gasteiger partial charge in [-0.3, -0.25) is 14.2 Å². The van der Waals surface area contributed by atoms with Crippen LogP contribution in [0.1, 0.15) is 22.6 Å². The van der Waals surface area contributed by atoms with Crippen LogP contribution in [0.4, 0.5) is 0 Å². The van der Waals surface area contributed by atoms with Crippen LogP contribution in [-0.4, -0.2) is 32.0 Å². The van der Waals surface area contributed by atoms with Crippen molar-refractivity contribution >= 4 is 37.8 Å². The van der Waals surface area contributed by atoms with Gasteiger partial charge in [-0.05, 0) is 45.2 Å². The maximum absolute atomic E-state index is 11.9. The lowest BCUT2D eigenvalue weighted by Gasteiger charge is -2.04. The second-order valence-electron chi connectivity index (χ2n) is 4.43. The number of nitrogens with one attached hydrogen (secondary N) is 1. The minimum absolute atomic E-state index is 0.171. The zero-order chi connectivity index (χ0) is 14.7. The number of nitrogens with zero attached hydrogens (tertiary/aromatic N) is 4. The van der Waals surface area contributed by atoms with Gasteiger partial charge in [-0.2, -0.15) is 10.2 Å². The van der Waals surface area contributed by atoms with Crippen LogP contribution in [0.5, 0.6) is 0 Å². The van der Waals surface area contributed by atoms with Gasteiger partial charge in [0.25, 0.3) is 5.91 Å². The highest BCUT2D eigenvalue weighted by Crippen LogP contribution is 2.14. The van der Waals surface area contributed by atoms with Crippen LogP contribution in [0.25, 0.3) is 0 Å². The Morgan fingerprint density at radius 1 is 1.30 bits per heavy atom. The summed E-state index contributed by atoms with van der Waals surface area (Å²) >= 11 is 6.73. The van der Waals surface area contributed by atoms with Gasteiger partial charge in [-0.1, -0.05) is 0 Å². The van der Waals surface area contributed by atoms with Crippen LogP contribution < -0.4 is 5.32 Å². The molecule has 2 aromatic heterocycles. The molecule has 0 aliphatic heterocycles. The first-order chi connectivity index (χ1) is 9.47. The van der Waals surface area contributed by atoms with Gasteiger partial charge < -0.3 is 5.32 Å². The molecule has 1 amide bonds. The number of rotatable bonds is 5. The van der Waals surface area contributed by atoms with Crippen molar-refractivity contribution in [3.63, 3.8) is 0 Å². The highest BCUT2D eigenvalue weighted by Gasteiger charge is 2.13. The molecule has 0 aliphatic rings. The van der Waals surface area contributed by atoms with E-state index < -0.39 is 0 Å². The van der Waals surface area contributed by atoms with Gasteiger partial charge in [0, 0.05) is 32.5 Å². The van der Waals surface area contributed by atoms with E-state index in [1.165, 1.54) is 0 Å². The van der Waals surface area contributed by atoms with Crippen molar-refractivity contribution in [1.29, 1.82) is 0 Å². The number of aromatic nitrogens is 4. The zero-order valence-corrected chi connectivity index (χ0v) is 14.4. The molecule has 0 aliphatic carbocycles. The quantitative estimate of drug-likeness (QED) is 0.777. The summed E-state index contributed by atoms with van der Waals surface area (Å²) in [6, 6.07) is 0. The van der Waals surface area contributed by atoms with E-state index in [1.54, 1.807) is 17.9 Å². The van der Waals surface area contributed by atoms with E-state index >= 15 is 0 Å². The van der Waals surface area contributed by atoms with Crippen molar-refractivity contribution in [3.8, 4) is 0 Å². The summed E-state index contributed by atoms with van der Waals surface area (Å²) in [5.74, 6) is -0.171. The number of aryl methyl sites for hydroxylation is 3. The Bertz CT molecular complexity index is 600. The number of hydrogen-bond donors (Lipinski definition) is 1. The van der Waals surface area contributed by atoms with Crippen molar-refractivity contribution in [1.82, 2.24) is 24.9 Å². The Morgan fingerprint density at radius 3 is 2.60 bits per heavy atom. The Hall–Kier alpha value is -1.15. The van der Waals surface area contributed by atoms with Crippen LogP contribution in [0.15, 0.2) is 21.3 Å². The molecule has 20 heavy (non-hydrogen) atoms. The maximum Gasteiger partial charge on any atom is 0.272 e. The number of amides is 1. The van der Waals surface area contributed by atoms with E-state index in [1.807, 2.05) is 17.8 Å². The SMILES string of the molecule is Cc1nn(CCCNC(=O)c2nn(C)cc2Br)cc1Br. The lowest BCUT2D eigenvalue weighted by Crippen LogP contribution is -2.26. The molecule has 2 aromatic rings. The van der Waals surface area contributed by atoms with Gasteiger partial charge in [-0.15, -0.1) is 0 Å². The van der Waals surface area contributed by atoms with Crippen molar-refractivity contribution in [2.45, 2.75) is 19.9 Å². The largest absolute Gasteiger partial charge is 0.351 e. The average molecular weight is 405 g/mol. The van der Waals surface area contributed by atoms with Crippen molar-refractivity contribution in [2.24, 2.45) is 7.05 Å². The molecule has 0 unspecified atom stereocenters. The van der Waals surface area contributed by atoms with E-state index in [0.29, 0.717) is 16.7 Å². The Kier molecular flexibility index (Phi) is 4.98. The Labute approximate surface area is 133 Å². The van der Waals surface area contributed by atoms with Crippen LogP contribution in [-0.2, 0) is 13.6 Å². The minimum Gasteiger partial charge on any atom is -0.351 e. The standard InChI is InChI=1S/C12H15Br2N5O/c1-8-9(13)7-19(16-8)5-3-4-15-12(20)11-10(14)6-18(2)17-11/h6-7H,3-5H2,1-2H3,(H,15,20). The number of hydrogen-bond acceptors (Lipinski definition) is 3. The molecule has 0 saturated heterocycles. The van der Waals surface area contributed by atoms with Gasteiger partial charge in [0.2, 0.25) is 0 Å². The normalized spacial score (nSPS) is 10.8. The van der Waals surface area contributed by atoms with Gasteiger partial charge in [0.15, 0.2) is 5.69 Å². The van der Waals surface area contributed by atoms with Crippen LogP contribution in [0.3, 0.4) is 0 Å². The van der Waals surface area contributed by atoms with Crippen LogP contribution >= 0.6 is 31.9 Å². The van der Waals surface area contributed by atoms with Crippen LogP contribution in [0.2, 0.25) is 0 Å². The molecule has 0 aromatic carbocycles. The molecule has 6 nitrogen and oxygen atoms in total. The summed E-state index contributed by atoms with van der Waals surface area (Å²) in [7, 11) is 1.78. The summed E-state index contributed by atoms with van der Waals surface area (Å²) in [4.78, 5) is 11.9. The first-order valence-electron chi connectivity index (χ1n) is 6.14. The van der Waals surface area contributed by atoms with Gasteiger partial charge in [0.05, 0.1) is 14.6 Å². The fourth-order valence-corrected chi connectivity index (χ4v) is 2.62. The van der Waals surface area contributed by atoms with Crippen molar-refractivity contribution < 1.29 is 4.79 Å². The molecule has 0 bridgehead atoms. The molecule has 2 heterocycles. The third kappa shape index (κ3) is 3.69. The second-order valence-corrected chi connectivity index (χ2v) is 6.14. The fourth-order valence-electron chi connectivity index (χ4n) is 1.75. The molecule has 0 fully saturated rings. The highest BCUT2D eigenvalue weighted by molar-refractivity contribution is 9.10. The fraction of sp³-hybridized carbons (Fsp3) is 0.417. The topological polar surface area (TPSA) is 64.7 Å². The monoisotopic (exact) mass is 403 g/mol. The molecule has 0 radical (unpaired) electrons. The summed E-state index contributed by atoms with van der Waals surface area (Å²) in [5.41, 5.74) is 1.37. The molecule has 0 spiro atoms. The van der Waals surface area contributed by atoms with E-state index in [-0.39, 0.29) is 5.91 Å². The molecular formula is C12H15Br2N5O. The summed E-state index contributed by atoms with van der Waals surface area (Å²) < 4.78 is 5.16. The summed E-state index contributed by atoms with van der Waals surface area (Å²) in [5, 5.41) is 11.3. The van der Waals surface area contributed by atoms with Crippen LogP contribution in [0, 0.1) is 6.92 Å². The van der Waals surface area contributed by atoms with E-state index in [9.17, 15) is 4.79 Å². The van der Waals surface area contributed by atoms with Gasteiger partial charge in [0.1, 0.15) is 0 Å². The summed E-state index contributed by atoms with van der Waals surface area (Å²) in [6.45, 7) is 3.29. The molecule has 1 N–H and O–H groups in total. The predicted octanol–water partition coefficient (Wildman–Crippen LogP) is 2.27. The Morgan fingerprint density at radius 2 is 2.05 bits per heavy atom. The molecule has 8 heteroatoms. The first-order valence-corrected chi connectivity index (χ1v) is 7.73. The van der Waals surface area contributed by atoms with E-state index in [2.05, 4.69) is 47.4 Å².